The molecule has 0 saturated carbocycles. The van der Waals surface area contributed by atoms with Crippen LogP contribution in [-0.2, 0) is 29.1 Å². The summed E-state index contributed by atoms with van der Waals surface area (Å²) in [6.45, 7) is 9.87. The van der Waals surface area contributed by atoms with Crippen molar-refractivity contribution in [3.63, 3.8) is 0 Å². The molecular weight excluding hydrogens is 410 g/mol. The molecule has 0 fully saturated rings. The van der Waals surface area contributed by atoms with Gasteiger partial charge >= 0.3 is 0 Å². The quantitative estimate of drug-likeness (QED) is 0.455. The average molecular weight is 440 g/mol. The summed E-state index contributed by atoms with van der Waals surface area (Å²) in [6.07, 6.45) is 5.46. The molecule has 1 aliphatic rings. The summed E-state index contributed by atoms with van der Waals surface area (Å²) in [7, 11) is 0. The van der Waals surface area contributed by atoms with Crippen LogP contribution in [0.1, 0.15) is 48.3 Å². The molecule has 2 heterocycles. The minimum Gasteiger partial charge on any atom is -0.493 e. The second-order valence-electron chi connectivity index (χ2n) is 7.30. The van der Waals surface area contributed by atoms with Crippen LogP contribution in [-0.4, -0.2) is 36.6 Å². The highest BCUT2D eigenvalue weighted by Crippen LogP contribution is 2.38. The number of nitrogens with one attached hydrogen (secondary N) is 1. The van der Waals surface area contributed by atoms with Crippen LogP contribution in [0.25, 0.3) is 6.08 Å². The fraction of sp³-hybridized carbons (Fsp3) is 0.375. The molecular formula is C24H29N3O3S. The van der Waals surface area contributed by atoms with Gasteiger partial charge in [-0.15, -0.1) is 11.3 Å². The Morgan fingerprint density at radius 3 is 2.87 bits per heavy atom. The standard InChI is InChI=1S/C24H29N3O3S/c1-4-8-23(29)27-14-13-18-19(15-25-3)24(31-21(18)16-27)26-22(28)12-11-17-9-6-7-10-20(17)30-5-2/h6-7,9-12H,3-5,8,13-16H2,1-2H3,(H,26,28)/b12-11+. The minimum atomic E-state index is -0.214. The van der Waals surface area contributed by atoms with Crippen LogP contribution in [0.2, 0.25) is 0 Å². The molecule has 1 aromatic heterocycles. The second-order valence-corrected chi connectivity index (χ2v) is 8.41. The van der Waals surface area contributed by atoms with Crippen LogP contribution in [0.3, 0.4) is 0 Å². The van der Waals surface area contributed by atoms with Gasteiger partial charge in [0.1, 0.15) is 10.8 Å². The van der Waals surface area contributed by atoms with Crippen molar-refractivity contribution in [1.29, 1.82) is 0 Å². The van der Waals surface area contributed by atoms with Crippen molar-refractivity contribution in [2.75, 3.05) is 18.5 Å². The molecule has 2 aromatic rings. The Hall–Kier alpha value is -2.93. The molecule has 1 N–H and O–H groups in total. The van der Waals surface area contributed by atoms with E-state index in [9.17, 15) is 9.59 Å². The number of hydrogen-bond acceptors (Lipinski definition) is 5. The van der Waals surface area contributed by atoms with Crippen LogP contribution < -0.4 is 10.1 Å². The van der Waals surface area contributed by atoms with Gasteiger partial charge in [-0.2, -0.15) is 0 Å². The molecule has 0 radical (unpaired) electrons. The number of amides is 2. The Morgan fingerprint density at radius 1 is 1.32 bits per heavy atom. The van der Waals surface area contributed by atoms with Gasteiger partial charge in [0, 0.05) is 35.0 Å². The molecule has 1 aliphatic heterocycles. The minimum absolute atomic E-state index is 0.187. The zero-order valence-corrected chi connectivity index (χ0v) is 19.0. The van der Waals surface area contributed by atoms with Crippen molar-refractivity contribution >= 4 is 40.9 Å². The van der Waals surface area contributed by atoms with Gasteiger partial charge in [0.15, 0.2) is 0 Å². The summed E-state index contributed by atoms with van der Waals surface area (Å²) >= 11 is 1.53. The molecule has 2 amide bonds. The summed E-state index contributed by atoms with van der Waals surface area (Å²) in [5, 5.41) is 3.79. The number of anilines is 1. The number of thiophene rings is 1. The predicted molar refractivity (Wildman–Crippen MR) is 127 cm³/mol. The number of benzene rings is 1. The Balaban J connectivity index is 1.76. The summed E-state index contributed by atoms with van der Waals surface area (Å²) < 4.78 is 5.61. The molecule has 0 bridgehead atoms. The molecule has 164 valence electrons. The van der Waals surface area contributed by atoms with Crippen molar-refractivity contribution in [3.8, 4) is 5.75 Å². The smallest absolute Gasteiger partial charge is 0.248 e. The molecule has 7 heteroatoms. The van der Waals surface area contributed by atoms with Gasteiger partial charge in [-0.1, -0.05) is 25.1 Å². The van der Waals surface area contributed by atoms with Crippen molar-refractivity contribution in [3.05, 3.63) is 51.9 Å². The van der Waals surface area contributed by atoms with Crippen LogP contribution in [0.15, 0.2) is 35.3 Å². The van der Waals surface area contributed by atoms with E-state index in [0.29, 0.717) is 32.7 Å². The van der Waals surface area contributed by atoms with E-state index in [4.69, 9.17) is 4.74 Å². The second kappa shape index (κ2) is 10.9. The van der Waals surface area contributed by atoms with Crippen molar-refractivity contribution in [1.82, 2.24) is 4.90 Å². The lowest BCUT2D eigenvalue weighted by Crippen LogP contribution is -2.35. The topological polar surface area (TPSA) is 71.0 Å². The molecule has 1 aromatic carbocycles. The van der Waals surface area contributed by atoms with Gasteiger partial charge in [0.05, 0.1) is 19.7 Å². The first-order chi connectivity index (χ1) is 15.1. The summed E-state index contributed by atoms with van der Waals surface area (Å²) in [5.74, 6) is 0.717. The fourth-order valence-electron chi connectivity index (χ4n) is 3.66. The molecule has 3 rings (SSSR count). The number of ether oxygens (including phenoxy) is 1. The Bertz CT molecular complexity index is 980. The van der Waals surface area contributed by atoms with Gasteiger partial charge in [0.25, 0.3) is 0 Å². The summed E-state index contributed by atoms with van der Waals surface area (Å²) in [6, 6.07) is 7.61. The van der Waals surface area contributed by atoms with E-state index in [1.165, 1.54) is 23.0 Å². The molecule has 0 saturated heterocycles. The summed E-state index contributed by atoms with van der Waals surface area (Å²) in [4.78, 5) is 32.0. The first-order valence-corrected chi connectivity index (χ1v) is 11.4. The molecule has 0 atom stereocenters. The number of carbonyl (C=O) groups excluding carboxylic acids is 2. The van der Waals surface area contributed by atoms with Crippen LogP contribution in [0.5, 0.6) is 5.75 Å². The maximum absolute atomic E-state index is 12.6. The Labute approximate surface area is 187 Å². The fourth-order valence-corrected chi connectivity index (χ4v) is 4.94. The molecule has 0 unspecified atom stereocenters. The van der Waals surface area contributed by atoms with Gasteiger partial charge in [-0.05, 0) is 44.2 Å². The maximum Gasteiger partial charge on any atom is 0.248 e. The van der Waals surface area contributed by atoms with Crippen molar-refractivity contribution < 1.29 is 14.3 Å². The highest BCUT2D eigenvalue weighted by molar-refractivity contribution is 7.16. The largest absolute Gasteiger partial charge is 0.493 e. The Morgan fingerprint density at radius 2 is 2.13 bits per heavy atom. The zero-order chi connectivity index (χ0) is 22.2. The van der Waals surface area contributed by atoms with Gasteiger partial charge in [0.2, 0.25) is 11.8 Å². The number of aliphatic imine (C=N–C) groups is 1. The number of carbonyl (C=O) groups is 2. The number of nitrogens with zero attached hydrogens (tertiary/aromatic N) is 2. The first kappa shape index (κ1) is 22.7. The summed E-state index contributed by atoms with van der Waals surface area (Å²) in [5.41, 5.74) is 3.05. The number of fused-ring (bicyclic) bond motifs is 1. The molecule has 31 heavy (non-hydrogen) atoms. The zero-order valence-electron chi connectivity index (χ0n) is 18.1. The van der Waals surface area contributed by atoms with Crippen LogP contribution in [0, 0.1) is 0 Å². The van der Waals surface area contributed by atoms with E-state index >= 15 is 0 Å². The van der Waals surface area contributed by atoms with Crippen molar-refractivity contribution in [2.45, 2.75) is 46.2 Å². The monoisotopic (exact) mass is 439 g/mol. The van der Waals surface area contributed by atoms with Gasteiger partial charge < -0.3 is 15.0 Å². The van der Waals surface area contributed by atoms with E-state index in [2.05, 4.69) is 17.0 Å². The third-order valence-electron chi connectivity index (χ3n) is 5.12. The van der Waals surface area contributed by atoms with Crippen LogP contribution >= 0.6 is 11.3 Å². The normalized spacial score (nSPS) is 13.2. The maximum atomic E-state index is 12.6. The number of hydrogen-bond donors (Lipinski definition) is 1. The first-order valence-electron chi connectivity index (χ1n) is 10.6. The Kier molecular flexibility index (Phi) is 8.00. The van der Waals surface area contributed by atoms with E-state index in [1.54, 1.807) is 6.08 Å². The highest BCUT2D eigenvalue weighted by Gasteiger charge is 2.26. The van der Waals surface area contributed by atoms with Gasteiger partial charge in [-0.25, -0.2) is 0 Å². The number of para-hydroxylation sites is 1. The lowest BCUT2D eigenvalue weighted by molar-refractivity contribution is -0.132. The average Bonchev–Trinajstić information content (AvgIpc) is 3.10. The third-order valence-corrected chi connectivity index (χ3v) is 6.30. The van der Waals surface area contributed by atoms with Crippen LogP contribution in [0.4, 0.5) is 5.00 Å². The predicted octanol–water partition coefficient (Wildman–Crippen LogP) is 4.68. The van der Waals surface area contributed by atoms with E-state index in [1.807, 2.05) is 43.0 Å². The van der Waals surface area contributed by atoms with Gasteiger partial charge in [-0.3, -0.25) is 14.6 Å². The lowest BCUT2D eigenvalue weighted by atomic mass is 10.0. The highest BCUT2D eigenvalue weighted by atomic mass is 32.1. The molecule has 0 spiro atoms. The van der Waals surface area contributed by atoms with E-state index in [-0.39, 0.29) is 11.8 Å². The molecule has 0 aliphatic carbocycles. The number of rotatable bonds is 9. The lowest BCUT2D eigenvalue weighted by Gasteiger charge is -2.27. The SMILES string of the molecule is C=NCc1c(NC(=O)/C=C/c2ccccc2OCC)sc2c1CCN(C(=O)CCC)C2. The van der Waals surface area contributed by atoms with Crippen molar-refractivity contribution in [2.24, 2.45) is 4.99 Å². The molecule has 6 nitrogen and oxygen atoms in total. The third kappa shape index (κ3) is 5.61. The van der Waals surface area contributed by atoms with E-state index < -0.39 is 0 Å². The van der Waals surface area contributed by atoms with E-state index in [0.717, 1.165) is 39.6 Å².